The van der Waals surface area contributed by atoms with Gasteiger partial charge in [-0.25, -0.2) is 4.79 Å². The average molecular weight is 514 g/mol. The first-order chi connectivity index (χ1) is 16.2. The van der Waals surface area contributed by atoms with Crippen LogP contribution in [0.4, 0.5) is 5.13 Å². The maximum atomic E-state index is 13.0. The number of fused-ring (bicyclic) bond motifs is 1. The molecule has 0 spiro atoms. The van der Waals surface area contributed by atoms with Crippen LogP contribution in [0.3, 0.4) is 0 Å². The number of ether oxygens (including phenoxy) is 1. The highest BCUT2D eigenvalue weighted by molar-refractivity contribution is 8.00. The van der Waals surface area contributed by atoms with E-state index in [0.29, 0.717) is 6.42 Å². The van der Waals surface area contributed by atoms with Gasteiger partial charge in [0.1, 0.15) is 29.8 Å². The number of anilines is 1. The molecule has 2 aliphatic heterocycles. The SMILES string of the molecule is CCC(CN)ON=C(C(=O)N[C@@H]1C(=O)N2C(C(=O)O)=C(COC(C)=O)CS[C@H]12)c1nsc(N)n1. The molecule has 1 saturated heterocycles. The molecule has 34 heavy (non-hydrogen) atoms. The Kier molecular flexibility index (Phi) is 8.06. The highest BCUT2D eigenvalue weighted by Gasteiger charge is 2.54. The van der Waals surface area contributed by atoms with E-state index >= 15 is 0 Å². The Morgan fingerprint density at radius 3 is 2.71 bits per heavy atom. The molecule has 3 rings (SSSR count). The number of carboxylic acid groups (broad SMARTS) is 1. The third kappa shape index (κ3) is 5.28. The van der Waals surface area contributed by atoms with Crippen LogP contribution in [0.2, 0.25) is 0 Å². The van der Waals surface area contributed by atoms with Crippen LogP contribution >= 0.6 is 23.3 Å². The molecule has 0 aromatic carbocycles. The highest BCUT2D eigenvalue weighted by Crippen LogP contribution is 2.40. The van der Waals surface area contributed by atoms with Gasteiger partial charge in [-0.15, -0.1) is 11.8 Å². The summed E-state index contributed by atoms with van der Waals surface area (Å²) in [4.78, 5) is 59.0. The van der Waals surface area contributed by atoms with Gasteiger partial charge in [0, 0.05) is 36.3 Å². The van der Waals surface area contributed by atoms with Crippen LogP contribution < -0.4 is 16.8 Å². The second-order valence-corrected chi connectivity index (χ2v) is 9.05. The topological polar surface area (TPSA) is 212 Å². The quantitative estimate of drug-likeness (QED) is 0.127. The van der Waals surface area contributed by atoms with E-state index in [4.69, 9.17) is 21.0 Å². The summed E-state index contributed by atoms with van der Waals surface area (Å²) >= 11 is 2.08. The fourth-order valence-corrected chi connectivity index (χ4v) is 4.88. The summed E-state index contributed by atoms with van der Waals surface area (Å²) in [5.74, 6) is -3.23. The van der Waals surface area contributed by atoms with Crippen molar-refractivity contribution in [3.63, 3.8) is 0 Å². The maximum Gasteiger partial charge on any atom is 0.352 e. The Labute approximate surface area is 201 Å². The molecule has 0 saturated carbocycles. The van der Waals surface area contributed by atoms with Gasteiger partial charge in [-0.1, -0.05) is 12.1 Å². The number of nitrogen functional groups attached to an aromatic ring is 1. The number of thioether (sulfide) groups is 1. The maximum absolute atomic E-state index is 13.0. The number of aliphatic carboxylic acids is 1. The van der Waals surface area contributed by atoms with Crippen molar-refractivity contribution in [3.8, 4) is 0 Å². The van der Waals surface area contributed by atoms with Gasteiger partial charge in [0.25, 0.3) is 11.8 Å². The van der Waals surface area contributed by atoms with E-state index in [-0.39, 0.29) is 46.8 Å². The minimum Gasteiger partial charge on any atom is -0.477 e. The summed E-state index contributed by atoms with van der Waals surface area (Å²) < 4.78 is 8.87. The number of oxime groups is 1. The molecular weight excluding hydrogens is 490 g/mol. The molecule has 6 N–H and O–H groups in total. The lowest BCUT2D eigenvalue weighted by atomic mass is 10.0. The second kappa shape index (κ2) is 10.8. The zero-order valence-corrected chi connectivity index (χ0v) is 19.9. The van der Waals surface area contributed by atoms with Gasteiger partial charge in [0.2, 0.25) is 11.5 Å². The molecular formula is C18H23N7O7S2. The van der Waals surface area contributed by atoms with Crippen molar-refractivity contribution >= 4 is 57.9 Å². The smallest absolute Gasteiger partial charge is 0.352 e. The van der Waals surface area contributed by atoms with Crippen LogP contribution in [-0.2, 0) is 28.8 Å². The lowest BCUT2D eigenvalue weighted by molar-refractivity contribution is -0.150. The summed E-state index contributed by atoms with van der Waals surface area (Å²) in [6, 6.07) is -1.03. The second-order valence-electron chi connectivity index (χ2n) is 7.17. The van der Waals surface area contributed by atoms with Crippen LogP contribution in [0.15, 0.2) is 16.4 Å². The van der Waals surface area contributed by atoms with Crippen molar-refractivity contribution in [1.29, 1.82) is 0 Å². The summed E-state index contributed by atoms with van der Waals surface area (Å²) in [5, 5.41) is 15.5. The molecule has 184 valence electrons. The van der Waals surface area contributed by atoms with E-state index in [1.54, 1.807) is 0 Å². The lowest BCUT2D eigenvalue weighted by Gasteiger charge is -2.49. The van der Waals surface area contributed by atoms with E-state index < -0.39 is 41.3 Å². The fraction of sp³-hybridized carbons (Fsp3) is 0.500. The monoisotopic (exact) mass is 513 g/mol. The molecule has 3 atom stereocenters. The minimum atomic E-state index is -1.34. The first-order valence-electron chi connectivity index (χ1n) is 10.1. The Morgan fingerprint density at radius 1 is 1.41 bits per heavy atom. The third-order valence-corrected chi connectivity index (χ3v) is 6.75. The molecule has 0 radical (unpaired) electrons. The van der Waals surface area contributed by atoms with Gasteiger partial charge >= 0.3 is 11.9 Å². The van der Waals surface area contributed by atoms with E-state index in [1.807, 2.05) is 6.92 Å². The Balaban J connectivity index is 1.79. The number of nitrogens with two attached hydrogens (primary N) is 2. The van der Waals surface area contributed by atoms with E-state index in [9.17, 15) is 24.3 Å². The number of hydrogen-bond acceptors (Lipinski definition) is 13. The van der Waals surface area contributed by atoms with E-state index in [0.717, 1.165) is 16.4 Å². The Morgan fingerprint density at radius 2 is 2.15 bits per heavy atom. The molecule has 1 aromatic heterocycles. The van der Waals surface area contributed by atoms with Crippen molar-refractivity contribution in [2.75, 3.05) is 24.6 Å². The summed E-state index contributed by atoms with van der Waals surface area (Å²) in [6.45, 7) is 2.94. The van der Waals surface area contributed by atoms with Crippen LogP contribution in [-0.4, -0.2) is 85.3 Å². The molecule has 1 aromatic rings. The number of nitrogens with one attached hydrogen (secondary N) is 1. The first-order valence-corrected chi connectivity index (χ1v) is 11.9. The van der Waals surface area contributed by atoms with Crippen LogP contribution in [0.1, 0.15) is 26.1 Å². The number of carboxylic acids is 1. The number of carbonyl (C=O) groups is 4. The standard InChI is InChI=1S/C18H23N7O7S2/c1-3-9(4-19)32-23-10(13-22-18(20)34-24-13)14(27)21-11-15(28)25-12(17(29)30)8(5-31-7(2)26)6-33-16(11)25/h9,11,16H,3-6,19H2,1-2H3,(H,21,27)(H,29,30)(H2,20,22,24)/t9?,11-,16-/m1/s1. The number of rotatable bonds is 10. The molecule has 1 fully saturated rings. The van der Waals surface area contributed by atoms with Crippen LogP contribution in [0, 0.1) is 0 Å². The van der Waals surface area contributed by atoms with Gasteiger partial charge in [-0.05, 0) is 6.42 Å². The van der Waals surface area contributed by atoms with Crippen molar-refractivity contribution in [2.45, 2.75) is 37.8 Å². The van der Waals surface area contributed by atoms with Crippen molar-refractivity contribution in [3.05, 3.63) is 17.1 Å². The molecule has 1 unspecified atom stereocenters. The van der Waals surface area contributed by atoms with Gasteiger partial charge in [0.15, 0.2) is 5.13 Å². The molecule has 2 amide bonds. The Hall–Kier alpha value is -3.24. The molecule has 3 heterocycles. The predicted molar refractivity (Wildman–Crippen MR) is 121 cm³/mol. The first kappa shape index (κ1) is 25.4. The van der Waals surface area contributed by atoms with Gasteiger partial charge in [-0.2, -0.15) is 9.36 Å². The minimum absolute atomic E-state index is 0.0819. The van der Waals surface area contributed by atoms with Crippen LogP contribution in [0.5, 0.6) is 0 Å². The van der Waals surface area contributed by atoms with E-state index in [1.165, 1.54) is 18.7 Å². The van der Waals surface area contributed by atoms with Crippen LogP contribution in [0.25, 0.3) is 0 Å². The van der Waals surface area contributed by atoms with Crippen molar-refractivity contribution in [1.82, 2.24) is 19.6 Å². The zero-order chi connectivity index (χ0) is 25.0. The van der Waals surface area contributed by atoms with Gasteiger partial charge in [0.05, 0.1) is 0 Å². The number of hydrogen-bond donors (Lipinski definition) is 4. The zero-order valence-electron chi connectivity index (χ0n) is 18.2. The van der Waals surface area contributed by atoms with Gasteiger partial charge < -0.3 is 31.5 Å². The number of aromatic nitrogens is 2. The summed E-state index contributed by atoms with van der Waals surface area (Å²) in [6.07, 6.45) is 0.0865. The highest BCUT2D eigenvalue weighted by atomic mass is 32.2. The number of nitrogens with zero attached hydrogens (tertiary/aromatic N) is 4. The summed E-state index contributed by atoms with van der Waals surface area (Å²) in [5.41, 5.74) is 10.9. The molecule has 2 aliphatic rings. The molecule has 0 bridgehead atoms. The third-order valence-electron chi connectivity index (χ3n) is 4.87. The number of esters is 1. The molecule has 0 aliphatic carbocycles. The molecule has 16 heteroatoms. The average Bonchev–Trinajstić information content (AvgIpc) is 3.23. The van der Waals surface area contributed by atoms with Crippen molar-refractivity contribution in [2.24, 2.45) is 10.9 Å². The lowest BCUT2D eigenvalue weighted by Crippen LogP contribution is -2.71. The molecule has 14 nitrogen and oxygen atoms in total. The fourth-order valence-electron chi connectivity index (χ4n) is 3.12. The van der Waals surface area contributed by atoms with Gasteiger partial charge in [-0.3, -0.25) is 19.3 Å². The Bertz CT molecular complexity index is 1050. The van der Waals surface area contributed by atoms with E-state index in [2.05, 4.69) is 19.8 Å². The number of amides is 2. The summed E-state index contributed by atoms with van der Waals surface area (Å²) in [7, 11) is 0. The number of carbonyl (C=O) groups excluding carboxylic acids is 3. The predicted octanol–water partition coefficient (Wildman–Crippen LogP) is -1.12. The number of β-lactam (4-membered cyclic amide) rings is 1. The largest absolute Gasteiger partial charge is 0.477 e. The normalized spacial score (nSPS) is 20.9. The van der Waals surface area contributed by atoms with Crippen molar-refractivity contribution < 1.29 is 33.9 Å².